The predicted molar refractivity (Wildman–Crippen MR) is 81.5 cm³/mol. The van der Waals surface area contributed by atoms with Crippen molar-refractivity contribution >= 4 is 17.8 Å². The number of nitrogens with zero attached hydrogens (tertiary/aromatic N) is 3. The van der Waals surface area contributed by atoms with Crippen molar-refractivity contribution < 1.29 is 14.4 Å². The van der Waals surface area contributed by atoms with Gasteiger partial charge >= 0.3 is 6.03 Å². The van der Waals surface area contributed by atoms with Crippen LogP contribution in [0.15, 0.2) is 12.3 Å². The van der Waals surface area contributed by atoms with Gasteiger partial charge in [0.05, 0.1) is 0 Å². The number of rotatable bonds is 3. The van der Waals surface area contributed by atoms with E-state index < -0.39 is 11.6 Å². The fourth-order valence-corrected chi connectivity index (χ4v) is 3.15. The minimum atomic E-state index is -0.947. The summed E-state index contributed by atoms with van der Waals surface area (Å²) in [5.74, 6) is -0.344. The summed E-state index contributed by atoms with van der Waals surface area (Å²) in [4.78, 5) is 39.3. The van der Waals surface area contributed by atoms with Gasteiger partial charge in [0.15, 0.2) is 0 Å². The van der Waals surface area contributed by atoms with Gasteiger partial charge < -0.3 is 10.2 Å². The molecule has 3 heterocycles. The molecule has 2 N–H and O–H groups in total. The normalized spacial score (nSPS) is 24.0. The molecule has 2 saturated heterocycles. The average molecular weight is 319 g/mol. The summed E-state index contributed by atoms with van der Waals surface area (Å²) >= 11 is 0. The number of hydrogen-bond donors (Lipinski definition) is 2. The topological polar surface area (TPSA) is 98.4 Å². The van der Waals surface area contributed by atoms with E-state index in [-0.39, 0.29) is 24.3 Å². The number of aromatic nitrogens is 2. The summed E-state index contributed by atoms with van der Waals surface area (Å²) in [5, 5.41) is 9.49. The smallest absolute Gasteiger partial charge is 0.325 e. The van der Waals surface area contributed by atoms with Gasteiger partial charge in [-0.15, -0.1) is 0 Å². The molecule has 124 valence electrons. The van der Waals surface area contributed by atoms with Crippen LogP contribution in [-0.2, 0) is 9.59 Å². The lowest BCUT2D eigenvalue weighted by molar-refractivity contribution is -0.139. The number of carbonyl (C=O) groups is 3. The summed E-state index contributed by atoms with van der Waals surface area (Å²) in [6.45, 7) is 4.29. The van der Waals surface area contributed by atoms with E-state index in [1.54, 1.807) is 24.9 Å². The monoisotopic (exact) mass is 319 g/mol. The predicted octanol–water partition coefficient (Wildman–Crippen LogP) is 0.446. The van der Waals surface area contributed by atoms with Gasteiger partial charge in [0.1, 0.15) is 12.1 Å². The molecule has 3 rings (SSSR count). The first-order chi connectivity index (χ1) is 10.9. The molecule has 0 radical (unpaired) electrons. The van der Waals surface area contributed by atoms with Crippen molar-refractivity contribution in [1.29, 1.82) is 0 Å². The number of nitrogens with one attached hydrogen (secondary N) is 2. The van der Waals surface area contributed by atoms with Gasteiger partial charge in [0.25, 0.3) is 5.91 Å². The Labute approximate surface area is 134 Å². The zero-order valence-corrected chi connectivity index (χ0v) is 13.3. The fourth-order valence-electron chi connectivity index (χ4n) is 3.15. The van der Waals surface area contributed by atoms with Gasteiger partial charge in [-0.1, -0.05) is 0 Å². The molecule has 1 aromatic heterocycles. The Hall–Kier alpha value is -2.38. The number of urea groups is 1. The number of carbonyl (C=O) groups excluding carboxylic acids is 3. The Morgan fingerprint density at radius 3 is 2.83 bits per heavy atom. The molecule has 1 aromatic rings. The molecule has 0 spiro atoms. The summed E-state index contributed by atoms with van der Waals surface area (Å²) in [6.07, 6.45) is 3.58. The van der Waals surface area contributed by atoms with Crippen LogP contribution >= 0.6 is 0 Å². The van der Waals surface area contributed by atoms with Crippen molar-refractivity contribution in [2.45, 2.75) is 38.1 Å². The lowest BCUT2D eigenvalue weighted by atomic mass is 9.95. The van der Waals surface area contributed by atoms with Crippen molar-refractivity contribution in [2.75, 3.05) is 19.6 Å². The minimum absolute atomic E-state index is 0.199. The van der Waals surface area contributed by atoms with E-state index in [1.165, 1.54) is 0 Å². The third-order valence-corrected chi connectivity index (χ3v) is 4.47. The van der Waals surface area contributed by atoms with Gasteiger partial charge in [-0.25, -0.2) is 4.79 Å². The highest BCUT2D eigenvalue weighted by molar-refractivity contribution is 6.08. The third-order valence-electron chi connectivity index (χ3n) is 4.47. The van der Waals surface area contributed by atoms with Crippen LogP contribution in [0.5, 0.6) is 0 Å². The highest BCUT2D eigenvalue weighted by Gasteiger charge is 2.45. The number of likely N-dealkylation sites (tertiary alicyclic amines) is 1. The molecule has 4 amide bonds. The molecule has 0 bridgehead atoms. The Kier molecular flexibility index (Phi) is 3.83. The molecule has 8 nitrogen and oxygen atoms in total. The average Bonchev–Trinajstić information content (AvgIpc) is 3.11. The van der Waals surface area contributed by atoms with Crippen LogP contribution in [0.2, 0.25) is 0 Å². The van der Waals surface area contributed by atoms with Crippen molar-refractivity contribution in [2.24, 2.45) is 0 Å². The Morgan fingerprint density at radius 1 is 1.43 bits per heavy atom. The minimum Gasteiger partial charge on any atom is -0.340 e. The summed E-state index contributed by atoms with van der Waals surface area (Å²) in [7, 11) is 0. The largest absolute Gasteiger partial charge is 0.340 e. The van der Waals surface area contributed by atoms with E-state index in [4.69, 9.17) is 0 Å². The van der Waals surface area contributed by atoms with Crippen molar-refractivity contribution in [1.82, 2.24) is 25.3 Å². The second kappa shape index (κ2) is 5.68. The molecule has 2 aliphatic heterocycles. The molecule has 2 aliphatic rings. The Balaban J connectivity index is 1.64. The number of hydrogen-bond acceptors (Lipinski definition) is 4. The zero-order valence-electron chi connectivity index (χ0n) is 13.3. The number of piperidine rings is 1. The maximum absolute atomic E-state index is 12.5. The van der Waals surface area contributed by atoms with Crippen LogP contribution in [-0.4, -0.2) is 63.0 Å². The zero-order chi connectivity index (χ0) is 16.6. The lowest BCUT2D eigenvalue weighted by Crippen LogP contribution is -2.47. The fraction of sp³-hybridized carbons (Fsp3) is 0.600. The maximum atomic E-state index is 12.5. The number of imide groups is 1. The van der Waals surface area contributed by atoms with E-state index in [0.29, 0.717) is 13.1 Å². The Morgan fingerprint density at radius 2 is 2.22 bits per heavy atom. The standard InChI is InChI=1S/C15H21N5O3/c1-15(2)13(22)20(14(23)17-15)9-12(21)19-7-3-4-10(8-19)11-5-6-16-18-11/h5-6,10H,3-4,7-9H2,1-2H3,(H,16,18)(H,17,23)/t10-/m0/s1. The van der Waals surface area contributed by atoms with Crippen molar-refractivity contribution in [3.63, 3.8) is 0 Å². The highest BCUT2D eigenvalue weighted by atomic mass is 16.2. The van der Waals surface area contributed by atoms with E-state index >= 15 is 0 Å². The molecule has 0 saturated carbocycles. The second-order valence-electron chi connectivity index (χ2n) is 6.64. The lowest BCUT2D eigenvalue weighted by Gasteiger charge is -2.33. The molecule has 0 aliphatic carbocycles. The molecule has 23 heavy (non-hydrogen) atoms. The molecule has 0 aromatic carbocycles. The molecule has 2 fully saturated rings. The van der Waals surface area contributed by atoms with Gasteiger partial charge in [0.2, 0.25) is 5.91 Å². The number of H-pyrrole nitrogens is 1. The summed E-state index contributed by atoms with van der Waals surface area (Å²) in [5.41, 5.74) is 0.0659. The molecule has 0 unspecified atom stereocenters. The van der Waals surface area contributed by atoms with E-state index in [1.807, 2.05) is 6.07 Å². The maximum Gasteiger partial charge on any atom is 0.325 e. The number of amides is 4. The molecule has 8 heteroatoms. The first-order valence-corrected chi connectivity index (χ1v) is 7.79. The van der Waals surface area contributed by atoms with Gasteiger partial charge in [0, 0.05) is 30.9 Å². The van der Waals surface area contributed by atoms with Crippen molar-refractivity contribution in [3.8, 4) is 0 Å². The number of aromatic amines is 1. The Bertz CT molecular complexity index is 625. The van der Waals surface area contributed by atoms with Gasteiger partial charge in [-0.2, -0.15) is 5.10 Å². The SMILES string of the molecule is CC1(C)NC(=O)N(CC(=O)N2CCC[C@H](c3ccn[nH]3)C2)C1=O. The van der Waals surface area contributed by atoms with E-state index in [9.17, 15) is 14.4 Å². The quantitative estimate of drug-likeness (QED) is 0.790. The van der Waals surface area contributed by atoms with Crippen LogP contribution < -0.4 is 5.32 Å². The van der Waals surface area contributed by atoms with Gasteiger partial charge in [-0.3, -0.25) is 19.6 Å². The van der Waals surface area contributed by atoms with Crippen LogP contribution in [0.25, 0.3) is 0 Å². The summed E-state index contributed by atoms with van der Waals surface area (Å²) < 4.78 is 0. The first kappa shape index (κ1) is 15.5. The van der Waals surface area contributed by atoms with Crippen LogP contribution in [0.1, 0.15) is 38.3 Å². The highest BCUT2D eigenvalue weighted by Crippen LogP contribution is 2.25. The third kappa shape index (κ3) is 2.93. The molecule has 1 atom stereocenters. The molecular formula is C15H21N5O3. The summed E-state index contributed by atoms with van der Waals surface area (Å²) in [6, 6.07) is 1.41. The van der Waals surface area contributed by atoms with E-state index in [0.717, 1.165) is 23.4 Å². The molecular weight excluding hydrogens is 298 g/mol. The second-order valence-corrected chi connectivity index (χ2v) is 6.64. The van der Waals surface area contributed by atoms with Crippen molar-refractivity contribution in [3.05, 3.63) is 18.0 Å². The van der Waals surface area contributed by atoms with Crippen LogP contribution in [0.4, 0.5) is 4.79 Å². The van der Waals surface area contributed by atoms with E-state index in [2.05, 4.69) is 15.5 Å². The van der Waals surface area contributed by atoms with Crippen LogP contribution in [0, 0.1) is 0 Å². The first-order valence-electron chi connectivity index (χ1n) is 7.79. The van der Waals surface area contributed by atoms with Gasteiger partial charge in [-0.05, 0) is 32.8 Å². The van der Waals surface area contributed by atoms with Crippen LogP contribution in [0.3, 0.4) is 0 Å².